The number of aliphatic hydroxyl groups excluding tert-OH is 1. The summed E-state index contributed by atoms with van der Waals surface area (Å²) >= 11 is 0. The van der Waals surface area contributed by atoms with Crippen molar-refractivity contribution >= 4 is 11.8 Å². The van der Waals surface area contributed by atoms with Crippen LogP contribution in [-0.4, -0.2) is 34.1 Å². The fraction of sp³-hybridized carbons (Fsp3) is 0.238. The maximum Gasteiger partial charge on any atom is 0.573 e. The van der Waals surface area contributed by atoms with Crippen molar-refractivity contribution in [3.05, 3.63) is 66.0 Å². The van der Waals surface area contributed by atoms with Crippen LogP contribution in [-0.2, 0) is 6.54 Å². The van der Waals surface area contributed by atoms with Crippen LogP contribution in [0.25, 0.3) is 11.3 Å². The molecule has 0 saturated heterocycles. The van der Waals surface area contributed by atoms with E-state index in [1.54, 1.807) is 31.2 Å². The number of nitrogens with zero attached hydrogens (tertiary/aromatic N) is 2. The Bertz CT molecular complexity index is 1030. The van der Waals surface area contributed by atoms with Crippen molar-refractivity contribution in [2.75, 3.05) is 17.2 Å². The molecule has 31 heavy (non-hydrogen) atoms. The third-order valence-electron chi connectivity index (χ3n) is 4.10. The summed E-state index contributed by atoms with van der Waals surface area (Å²) in [4.78, 5) is 8.64. The molecular weight excluding hydrogens is 416 g/mol. The summed E-state index contributed by atoms with van der Waals surface area (Å²) in [5.41, 5.74) is 1.38. The van der Waals surface area contributed by atoms with E-state index in [9.17, 15) is 22.7 Å². The number of aromatic nitrogens is 2. The lowest BCUT2D eigenvalue weighted by Gasteiger charge is -2.15. The van der Waals surface area contributed by atoms with Crippen LogP contribution < -0.4 is 15.4 Å². The average Bonchev–Trinajstić information content (AvgIpc) is 2.71. The van der Waals surface area contributed by atoms with E-state index in [-0.39, 0.29) is 36.7 Å². The van der Waals surface area contributed by atoms with Gasteiger partial charge in [-0.15, -0.1) is 13.2 Å². The number of halogens is 4. The van der Waals surface area contributed by atoms with Gasteiger partial charge in [-0.25, -0.2) is 9.37 Å². The van der Waals surface area contributed by atoms with E-state index in [4.69, 9.17) is 0 Å². The van der Waals surface area contributed by atoms with Crippen LogP contribution in [0, 0.1) is 5.82 Å². The Hall–Kier alpha value is -3.40. The predicted octanol–water partition coefficient (Wildman–Crippen LogP) is 4.59. The van der Waals surface area contributed by atoms with E-state index in [0.29, 0.717) is 22.6 Å². The Labute approximate surface area is 175 Å². The molecule has 1 atom stereocenters. The number of ether oxygens (including phenoxy) is 1. The zero-order valence-corrected chi connectivity index (χ0v) is 16.4. The molecule has 1 heterocycles. The van der Waals surface area contributed by atoms with Gasteiger partial charge in [-0.3, -0.25) is 0 Å². The SMILES string of the molecule is C[C@@H](CO)Nc1nc(NCc2cccc(F)c2)cc(-c2cccc(OC(F)(F)F)c2)n1. The van der Waals surface area contributed by atoms with Crippen molar-refractivity contribution in [1.29, 1.82) is 0 Å². The number of alkyl halides is 3. The maximum atomic E-state index is 13.4. The van der Waals surface area contributed by atoms with Crippen molar-refractivity contribution in [3.63, 3.8) is 0 Å². The highest BCUT2D eigenvalue weighted by molar-refractivity contribution is 5.66. The molecule has 164 valence electrons. The van der Waals surface area contributed by atoms with Gasteiger partial charge in [-0.1, -0.05) is 24.3 Å². The molecule has 0 spiro atoms. The first kappa shape index (κ1) is 22.3. The van der Waals surface area contributed by atoms with Crippen LogP contribution in [0.4, 0.5) is 29.3 Å². The zero-order chi connectivity index (χ0) is 22.4. The van der Waals surface area contributed by atoms with Crippen molar-refractivity contribution < 1.29 is 27.4 Å². The molecule has 10 heteroatoms. The van der Waals surface area contributed by atoms with Crippen LogP contribution in [0.1, 0.15) is 12.5 Å². The van der Waals surface area contributed by atoms with Gasteiger partial charge in [0.05, 0.1) is 12.3 Å². The van der Waals surface area contributed by atoms with Gasteiger partial charge < -0.3 is 20.5 Å². The third kappa shape index (κ3) is 6.82. The van der Waals surface area contributed by atoms with Gasteiger partial charge in [0.1, 0.15) is 17.4 Å². The monoisotopic (exact) mass is 436 g/mol. The van der Waals surface area contributed by atoms with Crippen molar-refractivity contribution in [3.8, 4) is 17.0 Å². The number of hydrogen-bond acceptors (Lipinski definition) is 6. The highest BCUT2D eigenvalue weighted by Crippen LogP contribution is 2.28. The van der Waals surface area contributed by atoms with Crippen molar-refractivity contribution in [2.45, 2.75) is 25.9 Å². The van der Waals surface area contributed by atoms with Crippen LogP contribution in [0.2, 0.25) is 0 Å². The van der Waals surface area contributed by atoms with Gasteiger partial charge in [0.15, 0.2) is 0 Å². The summed E-state index contributed by atoms with van der Waals surface area (Å²) in [5, 5.41) is 15.3. The summed E-state index contributed by atoms with van der Waals surface area (Å²) in [6.45, 7) is 1.81. The van der Waals surface area contributed by atoms with Gasteiger partial charge in [-0.2, -0.15) is 4.98 Å². The van der Waals surface area contributed by atoms with E-state index >= 15 is 0 Å². The predicted molar refractivity (Wildman–Crippen MR) is 108 cm³/mol. The molecule has 0 aliphatic carbocycles. The standard InChI is InChI=1S/C21H20F4N4O2/c1-13(12-30)27-20-28-18(15-5-3-7-17(9-15)31-21(23,24)25)10-19(29-20)26-11-14-4-2-6-16(22)8-14/h2-10,13,30H,11-12H2,1H3,(H2,26,27,28,29)/t13-/m0/s1. The Morgan fingerprint density at radius 3 is 2.55 bits per heavy atom. The molecule has 0 amide bonds. The molecule has 3 N–H and O–H groups in total. The molecule has 0 radical (unpaired) electrons. The van der Waals surface area contributed by atoms with Crippen LogP contribution >= 0.6 is 0 Å². The maximum absolute atomic E-state index is 13.4. The molecule has 0 bridgehead atoms. The fourth-order valence-electron chi connectivity index (χ4n) is 2.71. The Balaban J connectivity index is 1.90. The van der Waals surface area contributed by atoms with Crippen LogP contribution in [0.15, 0.2) is 54.6 Å². The first-order valence-electron chi connectivity index (χ1n) is 9.33. The number of anilines is 2. The second kappa shape index (κ2) is 9.61. The highest BCUT2D eigenvalue weighted by Gasteiger charge is 2.31. The van der Waals surface area contributed by atoms with E-state index in [1.807, 2.05) is 0 Å². The largest absolute Gasteiger partial charge is 0.573 e. The second-order valence-electron chi connectivity index (χ2n) is 6.75. The molecule has 0 aliphatic rings. The third-order valence-corrected chi connectivity index (χ3v) is 4.10. The smallest absolute Gasteiger partial charge is 0.406 e. The zero-order valence-electron chi connectivity index (χ0n) is 16.4. The highest BCUT2D eigenvalue weighted by atomic mass is 19.4. The minimum absolute atomic E-state index is 0.169. The molecule has 3 aromatic rings. The number of aliphatic hydroxyl groups is 1. The normalized spacial score (nSPS) is 12.3. The first-order chi connectivity index (χ1) is 14.7. The van der Waals surface area contributed by atoms with Crippen LogP contribution in [0.5, 0.6) is 5.75 Å². The summed E-state index contributed by atoms with van der Waals surface area (Å²) < 4.78 is 55.1. The van der Waals surface area contributed by atoms with Crippen LogP contribution in [0.3, 0.4) is 0 Å². The van der Waals surface area contributed by atoms with Gasteiger partial charge >= 0.3 is 6.36 Å². The minimum atomic E-state index is -4.81. The lowest BCUT2D eigenvalue weighted by Crippen LogP contribution is -2.21. The molecule has 2 aromatic carbocycles. The molecule has 0 fully saturated rings. The van der Waals surface area contributed by atoms with Crippen molar-refractivity contribution in [1.82, 2.24) is 9.97 Å². The molecule has 0 aliphatic heterocycles. The van der Waals surface area contributed by atoms with E-state index in [2.05, 4.69) is 25.3 Å². The number of nitrogens with one attached hydrogen (secondary N) is 2. The molecule has 0 unspecified atom stereocenters. The van der Waals surface area contributed by atoms with Crippen molar-refractivity contribution in [2.24, 2.45) is 0 Å². The van der Waals surface area contributed by atoms with Gasteiger partial charge in [0, 0.05) is 24.2 Å². The lowest BCUT2D eigenvalue weighted by molar-refractivity contribution is -0.274. The summed E-state index contributed by atoms with van der Waals surface area (Å²) in [6, 6.07) is 12.6. The van der Waals surface area contributed by atoms with E-state index in [1.165, 1.54) is 30.3 Å². The van der Waals surface area contributed by atoms with Gasteiger partial charge in [-0.05, 0) is 36.8 Å². The Morgan fingerprint density at radius 1 is 1.06 bits per heavy atom. The molecule has 0 saturated carbocycles. The molecule has 1 aromatic heterocycles. The quantitative estimate of drug-likeness (QED) is 0.449. The Kier molecular flexibility index (Phi) is 6.91. The second-order valence-corrected chi connectivity index (χ2v) is 6.75. The molecule has 6 nitrogen and oxygen atoms in total. The number of benzene rings is 2. The topological polar surface area (TPSA) is 79.3 Å². The average molecular weight is 436 g/mol. The van der Waals surface area contributed by atoms with Gasteiger partial charge in [0.25, 0.3) is 0 Å². The fourth-order valence-corrected chi connectivity index (χ4v) is 2.71. The Morgan fingerprint density at radius 2 is 1.84 bits per heavy atom. The van der Waals surface area contributed by atoms with E-state index in [0.717, 1.165) is 0 Å². The molecular formula is C21H20F4N4O2. The summed E-state index contributed by atoms with van der Waals surface area (Å²) in [6.07, 6.45) is -4.81. The first-order valence-corrected chi connectivity index (χ1v) is 9.33. The minimum Gasteiger partial charge on any atom is -0.406 e. The number of hydrogen-bond donors (Lipinski definition) is 3. The lowest BCUT2D eigenvalue weighted by atomic mass is 10.1. The summed E-state index contributed by atoms with van der Waals surface area (Å²) in [7, 11) is 0. The van der Waals surface area contributed by atoms with Gasteiger partial charge in [0.2, 0.25) is 5.95 Å². The molecule has 3 rings (SSSR count). The summed E-state index contributed by atoms with van der Waals surface area (Å²) in [5.74, 6) is -0.216. The number of rotatable bonds is 8. The van der Waals surface area contributed by atoms with E-state index < -0.39 is 6.36 Å².